The predicted molar refractivity (Wildman–Crippen MR) is 205 cm³/mol. The van der Waals surface area contributed by atoms with E-state index in [4.69, 9.17) is 28.4 Å². The molecule has 1 aliphatic rings. The molecule has 2 atom stereocenters. The van der Waals surface area contributed by atoms with Gasteiger partial charge in [-0.15, -0.1) is 0 Å². The molecule has 0 bridgehead atoms. The van der Waals surface area contributed by atoms with Crippen LogP contribution in [-0.2, 0) is 32.8 Å². The van der Waals surface area contributed by atoms with E-state index in [1.54, 1.807) is 6.08 Å². The molecule has 1 heterocycles. The topological polar surface area (TPSA) is 75.6 Å². The Bertz CT molecular complexity index is 2000. The van der Waals surface area contributed by atoms with Crippen LogP contribution in [0.4, 0.5) is 0 Å². The standard InChI is InChI=1S/C46H42O7/c1-2-23-48-46-43(51-31-35-19-11-5-12-20-35)24-37(25-44(46)52-32-36-21-13-6-14-22-36)45-40(47)28-39-41(50-30-34-17-9-4-10-18-34)26-38(27-42(39)53-45)49-29-33-15-7-3-8-16-33/h2-22,24-27,40,45,47H,1,23,28-32H2/t40-,45+/m1/s1. The van der Waals surface area contributed by atoms with Gasteiger partial charge in [-0.05, 0) is 34.4 Å². The maximum atomic E-state index is 11.8. The Morgan fingerprint density at radius 2 is 1.02 bits per heavy atom. The van der Waals surface area contributed by atoms with Crippen LogP contribution in [0.15, 0.2) is 158 Å². The molecule has 0 amide bonds. The van der Waals surface area contributed by atoms with E-state index in [0.29, 0.717) is 66.5 Å². The number of aliphatic hydroxyl groups is 1. The van der Waals surface area contributed by atoms with E-state index in [1.807, 2.05) is 146 Å². The Balaban J connectivity index is 1.23. The van der Waals surface area contributed by atoms with Crippen molar-refractivity contribution in [1.29, 1.82) is 0 Å². The Hall–Kier alpha value is -6.18. The first kappa shape index (κ1) is 35.2. The van der Waals surface area contributed by atoms with Gasteiger partial charge in [0.2, 0.25) is 5.75 Å². The lowest BCUT2D eigenvalue weighted by Gasteiger charge is -2.33. The minimum absolute atomic E-state index is 0.246. The van der Waals surface area contributed by atoms with Gasteiger partial charge in [-0.2, -0.15) is 0 Å². The Morgan fingerprint density at radius 1 is 0.566 bits per heavy atom. The molecule has 53 heavy (non-hydrogen) atoms. The van der Waals surface area contributed by atoms with Crippen molar-refractivity contribution in [3.8, 4) is 34.5 Å². The van der Waals surface area contributed by atoms with Crippen molar-refractivity contribution in [2.24, 2.45) is 0 Å². The lowest BCUT2D eigenvalue weighted by molar-refractivity contribution is 0.0191. The minimum Gasteiger partial charge on any atom is -0.489 e. The highest BCUT2D eigenvalue weighted by Crippen LogP contribution is 2.47. The van der Waals surface area contributed by atoms with Gasteiger partial charge in [-0.25, -0.2) is 0 Å². The predicted octanol–water partition coefficient (Wildman–Crippen LogP) is 9.60. The van der Waals surface area contributed by atoms with Crippen LogP contribution in [0.3, 0.4) is 0 Å². The van der Waals surface area contributed by atoms with Gasteiger partial charge in [0.05, 0.1) is 6.10 Å². The monoisotopic (exact) mass is 706 g/mol. The second-order valence-electron chi connectivity index (χ2n) is 12.8. The van der Waals surface area contributed by atoms with Crippen LogP contribution < -0.4 is 28.4 Å². The molecule has 0 radical (unpaired) electrons. The van der Waals surface area contributed by atoms with E-state index in [-0.39, 0.29) is 13.0 Å². The molecule has 1 N–H and O–H groups in total. The van der Waals surface area contributed by atoms with Crippen molar-refractivity contribution in [2.75, 3.05) is 6.61 Å². The highest BCUT2D eigenvalue weighted by molar-refractivity contribution is 5.57. The first-order valence-corrected chi connectivity index (χ1v) is 17.7. The summed E-state index contributed by atoms with van der Waals surface area (Å²) in [5.74, 6) is 3.13. The van der Waals surface area contributed by atoms with E-state index in [9.17, 15) is 5.11 Å². The molecule has 268 valence electrons. The van der Waals surface area contributed by atoms with E-state index < -0.39 is 12.2 Å². The van der Waals surface area contributed by atoms with Gasteiger partial charge in [-0.3, -0.25) is 0 Å². The van der Waals surface area contributed by atoms with Crippen molar-refractivity contribution in [3.05, 3.63) is 192 Å². The van der Waals surface area contributed by atoms with Gasteiger partial charge < -0.3 is 33.5 Å². The van der Waals surface area contributed by atoms with Gasteiger partial charge in [-0.1, -0.05) is 134 Å². The van der Waals surface area contributed by atoms with Gasteiger partial charge in [0.15, 0.2) is 17.6 Å². The second-order valence-corrected chi connectivity index (χ2v) is 12.8. The van der Waals surface area contributed by atoms with E-state index in [1.165, 1.54) is 0 Å². The third-order valence-corrected chi connectivity index (χ3v) is 8.84. The van der Waals surface area contributed by atoms with E-state index >= 15 is 0 Å². The smallest absolute Gasteiger partial charge is 0.203 e. The highest BCUT2D eigenvalue weighted by Gasteiger charge is 2.34. The van der Waals surface area contributed by atoms with Crippen molar-refractivity contribution in [1.82, 2.24) is 0 Å². The summed E-state index contributed by atoms with van der Waals surface area (Å²) in [6, 6.07) is 47.2. The molecule has 7 rings (SSSR count). The summed E-state index contributed by atoms with van der Waals surface area (Å²) < 4.78 is 38.4. The Kier molecular flexibility index (Phi) is 11.5. The summed E-state index contributed by atoms with van der Waals surface area (Å²) in [6.45, 7) is 5.41. The number of benzene rings is 6. The van der Waals surface area contributed by atoms with Crippen LogP contribution in [-0.4, -0.2) is 17.8 Å². The fourth-order valence-electron chi connectivity index (χ4n) is 6.14. The van der Waals surface area contributed by atoms with Gasteiger partial charge in [0.1, 0.15) is 50.3 Å². The summed E-state index contributed by atoms with van der Waals surface area (Å²) in [7, 11) is 0. The zero-order chi connectivity index (χ0) is 36.2. The third-order valence-electron chi connectivity index (χ3n) is 8.84. The normalized spacial score (nSPS) is 14.7. The van der Waals surface area contributed by atoms with Gasteiger partial charge >= 0.3 is 0 Å². The highest BCUT2D eigenvalue weighted by atomic mass is 16.5. The maximum absolute atomic E-state index is 11.8. The molecule has 0 unspecified atom stereocenters. The third kappa shape index (κ3) is 9.19. The van der Waals surface area contributed by atoms with Gasteiger partial charge in [0, 0.05) is 29.7 Å². The first-order chi connectivity index (χ1) is 26.1. The number of fused-ring (bicyclic) bond motifs is 1. The molecule has 0 aliphatic carbocycles. The zero-order valence-corrected chi connectivity index (χ0v) is 29.4. The van der Waals surface area contributed by atoms with E-state index in [2.05, 4.69) is 6.58 Å². The number of hydrogen-bond donors (Lipinski definition) is 1. The molecule has 0 saturated carbocycles. The quantitative estimate of drug-likeness (QED) is 0.101. The van der Waals surface area contributed by atoms with Crippen LogP contribution in [0.5, 0.6) is 34.5 Å². The number of ether oxygens (including phenoxy) is 6. The molecule has 6 aromatic rings. The van der Waals surface area contributed by atoms with Crippen molar-refractivity contribution in [2.45, 2.75) is 45.1 Å². The van der Waals surface area contributed by atoms with Crippen LogP contribution in [0, 0.1) is 0 Å². The van der Waals surface area contributed by atoms with Crippen molar-refractivity contribution >= 4 is 0 Å². The molecule has 6 aromatic carbocycles. The molecular formula is C46H42O7. The molecule has 0 spiro atoms. The molecule has 7 nitrogen and oxygen atoms in total. The minimum atomic E-state index is -0.915. The second kappa shape index (κ2) is 17.4. The average Bonchev–Trinajstić information content (AvgIpc) is 3.21. The number of hydrogen-bond acceptors (Lipinski definition) is 7. The number of rotatable bonds is 16. The fraction of sp³-hybridized carbons (Fsp3) is 0.174. The average molecular weight is 707 g/mol. The SMILES string of the molecule is C=CCOc1c(OCc2ccccc2)cc([C@@H]2Oc3cc(OCc4ccccc4)cc(OCc4ccccc4)c3C[C@H]2O)cc1OCc1ccccc1. The van der Waals surface area contributed by atoms with Crippen LogP contribution >= 0.6 is 0 Å². The molecule has 0 fully saturated rings. The summed E-state index contributed by atoms with van der Waals surface area (Å²) in [4.78, 5) is 0. The van der Waals surface area contributed by atoms with Crippen LogP contribution in [0.2, 0.25) is 0 Å². The first-order valence-electron chi connectivity index (χ1n) is 17.7. The number of aliphatic hydroxyl groups excluding tert-OH is 1. The molecule has 0 saturated heterocycles. The zero-order valence-electron chi connectivity index (χ0n) is 29.4. The Labute approximate surface area is 310 Å². The van der Waals surface area contributed by atoms with Crippen LogP contribution in [0.1, 0.15) is 39.5 Å². The molecule has 7 heteroatoms. The van der Waals surface area contributed by atoms with Gasteiger partial charge in [0.25, 0.3) is 0 Å². The lowest BCUT2D eigenvalue weighted by Crippen LogP contribution is -2.30. The lowest BCUT2D eigenvalue weighted by atomic mass is 9.93. The Morgan fingerprint density at radius 3 is 1.49 bits per heavy atom. The molecule has 1 aliphatic heterocycles. The fourth-order valence-corrected chi connectivity index (χ4v) is 6.14. The summed E-state index contributed by atoms with van der Waals surface area (Å²) in [5, 5.41) is 11.8. The molecular weight excluding hydrogens is 664 g/mol. The van der Waals surface area contributed by atoms with Crippen molar-refractivity contribution < 1.29 is 33.5 Å². The maximum Gasteiger partial charge on any atom is 0.203 e. The largest absolute Gasteiger partial charge is 0.489 e. The summed E-state index contributed by atoms with van der Waals surface area (Å²) in [6.07, 6.45) is 0.287. The summed E-state index contributed by atoms with van der Waals surface area (Å²) in [5.41, 5.74) is 5.49. The summed E-state index contributed by atoms with van der Waals surface area (Å²) >= 11 is 0. The van der Waals surface area contributed by atoms with E-state index in [0.717, 1.165) is 27.8 Å². The van der Waals surface area contributed by atoms with Crippen molar-refractivity contribution in [3.63, 3.8) is 0 Å². The molecule has 0 aromatic heterocycles. The van der Waals surface area contributed by atoms with Crippen LogP contribution in [0.25, 0.3) is 0 Å².